The van der Waals surface area contributed by atoms with E-state index >= 15 is 0 Å². The zero-order valence-corrected chi connectivity index (χ0v) is 11.7. The van der Waals surface area contributed by atoms with E-state index in [2.05, 4.69) is 21.6 Å². The lowest BCUT2D eigenvalue weighted by Gasteiger charge is -2.02. The zero-order valence-electron chi connectivity index (χ0n) is 10.1. The maximum Gasteiger partial charge on any atom is 0.272 e. The number of hydrogen-bond acceptors (Lipinski definition) is 4. The molecule has 0 unspecified atom stereocenters. The van der Waals surface area contributed by atoms with Gasteiger partial charge in [-0.2, -0.15) is 0 Å². The van der Waals surface area contributed by atoms with Gasteiger partial charge in [0.1, 0.15) is 0 Å². The van der Waals surface area contributed by atoms with Crippen molar-refractivity contribution in [3.05, 3.63) is 44.4 Å². The van der Waals surface area contributed by atoms with Crippen molar-refractivity contribution in [2.24, 2.45) is 0 Å². The Morgan fingerprint density at radius 3 is 3.00 bits per heavy atom. The number of halogens is 1. The fourth-order valence-electron chi connectivity index (χ4n) is 2.17. The van der Waals surface area contributed by atoms with Crippen LogP contribution in [-0.4, -0.2) is 16.1 Å². The van der Waals surface area contributed by atoms with E-state index in [-0.39, 0.29) is 16.8 Å². The summed E-state index contributed by atoms with van der Waals surface area (Å²) in [5, 5.41) is 10.5. The highest BCUT2D eigenvalue weighted by molar-refractivity contribution is 7.12. The molecule has 1 N–H and O–H groups in total. The Bertz CT molecular complexity index is 587. The number of fused-ring (bicyclic) bond motifs is 1. The van der Waals surface area contributed by atoms with Crippen molar-refractivity contribution in [2.45, 2.75) is 25.8 Å². The van der Waals surface area contributed by atoms with Crippen LogP contribution in [0.1, 0.15) is 32.2 Å². The first-order valence-electron chi connectivity index (χ1n) is 6.10. The van der Waals surface area contributed by atoms with Gasteiger partial charge in [-0.3, -0.25) is 4.79 Å². The van der Waals surface area contributed by atoms with Gasteiger partial charge in [-0.25, -0.2) is 0 Å². The quantitative estimate of drug-likeness (QED) is 0.946. The van der Waals surface area contributed by atoms with Crippen molar-refractivity contribution in [2.75, 3.05) is 0 Å². The van der Waals surface area contributed by atoms with E-state index in [9.17, 15) is 4.79 Å². The Balaban J connectivity index is 1.62. The van der Waals surface area contributed by atoms with Gasteiger partial charge >= 0.3 is 0 Å². The second-order valence-electron chi connectivity index (χ2n) is 4.44. The minimum atomic E-state index is -0.224. The minimum Gasteiger partial charge on any atom is -0.346 e. The van der Waals surface area contributed by atoms with Gasteiger partial charge in [-0.15, -0.1) is 21.5 Å². The number of carbonyl (C=O) groups excluding carboxylic acids is 1. The monoisotopic (exact) mass is 293 g/mol. The first-order valence-corrected chi connectivity index (χ1v) is 7.30. The van der Waals surface area contributed by atoms with Crippen molar-refractivity contribution in [1.82, 2.24) is 15.5 Å². The summed E-state index contributed by atoms with van der Waals surface area (Å²) in [6.07, 6.45) is 3.60. The van der Waals surface area contributed by atoms with Gasteiger partial charge in [0.15, 0.2) is 10.8 Å². The van der Waals surface area contributed by atoms with Crippen molar-refractivity contribution >= 4 is 28.8 Å². The first-order chi connectivity index (χ1) is 9.22. The highest BCUT2D eigenvalue weighted by Gasteiger charge is 2.15. The molecule has 19 heavy (non-hydrogen) atoms. The molecule has 98 valence electrons. The first kappa shape index (κ1) is 12.6. The smallest absolute Gasteiger partial charge is 0.272 e. The molecule has 0 aromatic carbocycles. The molecule has 4 nitrogen and oxygen atoms in total. The Kier molecular flexibility index (Phi) is 3.48. The van der Waals surface area contributed by atoms with Gasteiger partial charge in [-0.1, -0.05) is 11.6 Å². The molecule has 0 radical (unpaired) electrons. The van der Waals surface area contributed by atoms with Crippen LogP contribution in [0.4, 0.5) is 0 Å². The summed E-state index contributed by atoms with van der Waals surface area (Å²) >= 11 is 7.42. The van der Waals surface area contributed by atoms with Crippen LogP contribution in [0, 0.1) is 0 Å². The largest absolute Gasteiger partial charge is 0.346 e. The van der Waals surface area contributed by atoms with E-state index in [0.717, 1.165) is 0 Å². The normalized spacial score (nSPS) is 13.3. The predicted octanol–water partition coefficient (Wildman–Crippen LogP) is 2.61. The number of rotatable bonds is 3. The van der Waals surface area contributed by atoms with Gasteiger partial charge in [0, 0.05) is 9.75 Å². The molecule has 2 aromatic heterocycles. The fraction of sp³-hybridized carbons (Fsp3) is 0.308. The summed E-state index contributed by atoms with van der Waals surface area (Å²) in [5.41, 5.74) is 1.73. The molecule has 0 atom stereocenters. The van der Waals surface area contributed by atoms with Crippen LogP contribution in [0.5, 0.6) is 0 Å². The van der Waals surface area contributed by atoms with Crippen LogP contribution in [0.15, 0.2) is 18.2 Å². The molecule has 0 aliphatic heterocycles. The summed E-state index contributed by atoms with van der Waals surface area (Å²) < 4.78 is 0. The summed E-state index contributed by atoms with van der Waals surface area (Å²) in [6, 6.07) is 5.32. The Hall–Kier alpha value is -1.46. The molecule has 0 saturated heterocycles. The third-order valence-corrected chi connectivity index (χ3v) is 4.52. The number of aromatic nitrogens is 2. The van der Waals surface area contributed by atoms with Crippen LogP contribution in [-0.2, 0) is 19.4 Å². The van der Waals surface area contributed by atoms with Gasteiger partial charge in [0.2, 0.25) is 0 Å². The van der Waals surface area contributed by atoms with E-state index in [4.69, 9.17) is 11.6 Å². The summed E-state index contributed by atoms with van der Waals surface area (Å²) in [4.78, 5) is 14.5. The molecule has 2 aromatic rings. The molecule has 0 fully saturated rings. The molecule has 0 saturated carbocycles. The molecule has 1 aliphatic rings. The van der Waals surface area contributed by atoms with Gasteiger partial charge in [0.25, 0.3) is 5.91 Å². The molecule has 2 heterocycles. The number of amides is 1. The molecular formula is C13H12ClN3OS. The minimum absolute atomic E-state index is 0.224. The number of nitrogens with zero attached hydrogens (tertiary/aromatic N) is 2. The van der Waals surface area contributed by atoms with Gasteiger partial charge in [0.05, 0.1) is 6.54 Å². The van der Waals surface area contributed by atoms with Gasteiger partial charge < -0.3 is 5.32 Å². The molecule has 6 heteroatoms. The lowest BCUT2D eigenvalue weighted by molar-refractivity contribution is 0.0945. The Morgan fingerprint density at radius 2 is 2.26 bits per heavy atom. The maximum atomic E-state index is 11.9. The topological polar surface area (TPSA) is 54.9 Å². The lowest BCUT2D eigenvalue weighted by Crippen LogP contribution is -2.23. The molecular weight excluding hydrogens is 282 g/mol. The van der Waals surface area contributed by atoms with Crippen LogP contribution in [0.3, 0.4) is 0 Å². The van der Waals surface area contributed by atoms with Gasteiger partial charge in [-0.05, 0) is 43.0 Å². The number of nitrogens with one attached hydrogen (secondary N) is 1. The summed E-state index contributed by atoms with van der Waals surface area (Å²) in [7, 11) is 0. The maximum absolute atomic E-state index is 11.9. The van der Waals surface area contributed by atoms with E-state index in [0.29, 0.717) is 6.54 Å². The van der Waals surface area contributed by atoms with Crippen molar-refractivity contribution in [3.8, 4) is 0 Å². The van der Waals surface area contributed by atoms with E-state index in [1.54, 1.807) is 23.5 Å². The van der Waals surface area contributed by atoms with Crippen molar-refractivity contribution in [1.29, 1.82) is 0 Å². The standard InChI is InChI=1S/C13H12ClN3OS/c14-12-5-4-10(16-17-12)13(18)15-7-9-6-8-2-1-3-11(8)19-9/h4-6H,1-3,7H2,(H,15,18). The molecule has 0 spiro atoms. The fourth-order valence-corrected chi connectivity index (χ4v) is 3.47. The third kappa shape index (κ3) is 2.77. The highest BCUT2D eigenvalue weighted by atomic mass is 35.5. The Morgan fingerprint density at radius 1 is 1.37 bits per heavy atom. The van der Waals surface area contributed by atoms with E-state index < -0.39 is 0 Å². The van der Waals surface area contributed by atoms with Crippen LogP contribution < -0.4 is 5.32 Å². The predicted molar refractivity (Wildman–Crippen MR) is 74.6 cm³/mol. The second-order valence-corrected chi connectivity index (χ2v) is 6.05. The number of carbonyl (C=O) groups is 1. The zero-order chi connectivity index (χ0) is 13.2. The molecule has 3 rings (SSSR count). The third-order valence-electron chi connectivity index (χ3n) is 3.09. The number of aryl methyl sites for hydroxylation is 2. The number of hydrogen-bond donors (Lipinski definition) is 1. The molecule has 1 aliphatic carbocycles. The Labute approximate surface area is 119 Å². The molecule has 1 amide bonds. The highest BCUT2D eigenvalue weighted by Crippen LogP contribution is 2.30. The van der Waals surface area contributed by atoms with Crippen molar-refractivity contribution in [3.63, 3.8) is 0 Å². The second kappa shape index (κ2) is 5.27. The van der Waals surface area contributed by atoms with Crippen LogP contribution >= 0.6 is 22.9 Å². The SMILES string of the molecule is O=C(NCc1cc2c(s1)CCC2)c1ccc(Cl)nn1. The number of thiophene rings is 1. The van der Waals surface area contributed by atoms with E-state index in [1.165, 1.54) is 34.6 Å². The average Bonchev–Trinajstić information content (AvgIpc) is 2.97. The van der Waals surface area contributed by atoms with E-state index in [1.807, 2.05) is 0 Å². The lowest BCUT2D eigenvalue weighted by atomic mass is 10.2. The van der Waals surface area contributed by atoms with Crippen LogP contribution in [0.2, 0.25) is 5.15 Å². The summed E-state index contributed by atoms with van der Waals surface area (Å²) in [6.45, 7) is 0.542. The van der Waals surface area contributed by atoms with Crippen molar-refractivity contribution < 1.29 is 4.79 Å². The summed E-state index contributed by atoms with van der Waals surface area (Å²) in [5.74, 6) is -0.224. The average molecular weight is 294 g/mol. The van der Waals surface area contributed by atoms with Crippen LogP contribution in [0.25, 0.3) is 0 Å². The molecule has 0 bridgehead atoms.